The molecule has 0 spiro atoms. The van der Waals surface area contributed by atoms with Gasteiger partial charge in [0.05, 0.1) is 11.1 Å². The van der Waals surface area contributed by atoms with Crippen LogP contribution < -0.4 is 9.47 Å². The molecule has 0 amide bonds. The van der Waals surface area contributed by atoms with Crippen LogP contribution in [-0.2, 0) is 4.74 Å². The summed E-state index contributed by atoms with van der Waals surface area (Å²) in [6.07, 6.45) is 0. The first-order valence-corrected chi connectivity index (χ1v) is 8.86. The van der Waals surface area contributed by atoms with Crippen molar-refractivity contribution in [3.8, 4) is 11.5 Å². The maximum atomic E-state index is 12.2. The number of hydrogen-bond acceptors (Lipinski definition) is 5. The Hall–Kier alpha value is -3.60. The molecule has 0 unspecified atom stereocenters. The SMILES string of the molecule is Cc1ccc(C(=O)Oc2cccc(C(=O)OCCOc3ccccc3)c2)cc1. The highest BCUT2D eigenvalue weighted by molar-refractivity contribution is 5.92. The molecule has 0 aliphatic heterocycles. The third-order valence-electron chi connectivity index (χ3n) is 3.90. The fraction of sp³-hybridized carbons (Fsp3) is 0.130. The Balaban J connectivity index is 1.52. The number of para-hydroxylation sites is 1. The van der Waals surface area contributed by atoms with Crippen molar-refractivity contribution in [3.05, 3.63) is 95.6 Å². The number of hydrogen-bond donors (Lipinski definition) is 0. The van der Waals surface area contributed by atoms with Crippen LogP contribution in [-0.4, -0.2) is 25.2 Å². The lowest BCUT2D eigenvalue weighted by Gasteiger charge is -2.09. The van der Waals surface area contributed by atoms with Crippen molar-refractivity contribution < 1.29 is 23.8 Å². The zero-order valence-corrected chi connectivity index (χ0v) is 15.5. The van der Waals surface area contributed by atoms with Gasteiger partial charge in [-0.1, -0.05) is 42.0 Å². The lowest BCUT2D eigenvalue weighted by atomic mass is 10.1. The molecular formula is C23H20O5. The summed E-state index contributed by atoms with van der Waals surface area (Å²) in [5, 5.41) is 0. The zero-order chi connectivity index (χ0) is 19.8. The molecule has 0 radical (unpaired) electrons. The van der Waals surface area contributed by atoms with Crippen LogP contribution in [0.15, 0.2) is 78.9 Å². The van der Waals surface area contributed by atoms with Crippen molar-refractivity contribution in [2.24, 2.45) is 0 Å². The Morgan fingerprint density at radius 3 is 2.18 bits per heavy atom. The molecule has 0 fully saturated rings. The van der Waals surface area contributed by atoms with E-state index in [0.717, 1.165) is 5.56 Å². The predicted molar refractivity (Wildman–Crippen MR) is 105 cm³/mol. The Kier molecular flexibility index (Phi) is 6.41. The van der Waals surface area contributed by atoms with E-state index in [4.69, 9.17) is 14.2 Å². The Morgan fingerprint density at radius 1 is 0.714 bits per heavy atom. The summed E-state index contributed by atoms with van der Waals surface area (Å²) >= 11 is 0. The molecule has 0 bridgehead atoms. The van der Waals surface area contributed by atoms with Crippen LogP contribution in [0.1, 0.15) is 26.3 Å². The molecular weight excluding hydrogens is 356 g/mol. The topological polar surface area (TPSA) is 61.8 Å². The van der Waals surface area contributed by atoms with Gasteiger partial charge in [0.1, 0.15) is 24.7 Å². The molecule has 3 rings (SSSR count). The molecule has 0 heterocycles. The van der Waals surface area contributed by atoms with Gasteiger partial charge >= 0.3 is 11.9 Å². The molecule has 3 aromatic rings. The van der Waals surface area contributed by atoms with E-state index in [1.165, 1.54) is 6.07 Å². The molecule has 142 valence electrons. The smallest absolute Gasteiger partial charge is 0.343 e. The van der Waals surface area contributed by atoms with E-state index < -0.39 is 11.9 Å². The summed E-state index contributed by atoms with van der Waals surface area (Å²) in [5.41, 5.74) is 1.79. The van der Waals surface area contributed by atoms with Crippen molar-refractivity contribution in [2.75, 3.05) is 13.2 Å². The van der Waals surface area contributed by atoms with Crippen LogP contribution in [0, 0.1) is 6.92 Å². The maximum Gasteiger partial charge on any atom is 0.343 e. The fourth-order valence-corrected chi connectivity index (χ4v) is 2.44. The predicted octanol–water partition coefficient (Wildman–Crippen LogP) is 4.45. The van der Waals surface area contributed by atoms with Crippen molar-refractivity contribution in [2.45, 2.75) is 6.92 Å². The van der Waals surface area contributed by atoms with Crippen molar-refractivity contribution in [1.82, 2.24) is 0 Å². The molecule has 0 aliphatic carbocycles. The average Bonchev–Trinajstić information content (AvgIpc) is 2.72. The molecule has 28 heavy (non-hydrogen) atoms. The number of rotatable bonds is 7. The lowest BCUT2D eigenvalue weighted by Crippen LogP contribution is -2.13. The van der Waals surface area contributed by atoms with E-state index in [2.05, 4.69) is 0 Å². The molecule has 0 N–H and O–H groups in total. The largest absolute Gasteiger partial charge is 0.490 e. The zero-order valence-electron chi connectivity index (χ0n) is 15.5. The molecule has 0 saturated carbocycles. The first-order chi connectivity index (χ1) is 13.6. The fourth-order valence-electron chi connectivity index (χ4n) is 2.44. The second kappa shape index (κ2) is 9.37. The number of ether oxygens (including phenoxy) is 3. The van der Waals surface area contributed by atoms with Gasteiger partial charge in [-0.15, -0.1) is 0 Å². The van der Waals surface area contributed by atoms with Crippen molar-refractivity contribution >= 4 is 11.9 Å². The number of carbonyl (C=O) groups excluding carboxylic acids is 2. The molecule has 0 atom stereocenters. The summed E-state index contributed by atoms with van der Waals surface area (Å²) in [5.74, 6) is -0.00389. The van der Waals surface area contributed by atoms with Crippen LogP contribution in [0.2, 0.25) is 0 Å². The highest BCUT2D eigenvalue weighted by atomic mass is 16.6. The van der Waals surface area contributed by atoms with Gasteiger partial charge in [-0.3, -0.25) is 0 Å². The quantitative estimate of drug-likeness (QED) is 0.346. The summed E-state index contributed by atoms with van der Waals surface area (Å²) < 4.78 is 16.0. The van der Waals surface area contributed by atoms with Gasteiger partial charge in [0.15, 0.2) is 0 Å². The average molecular weight is 376 g/mol. The van der Waals surface area contributed by atoms with Crippen molar-refractivity contribution in [1.29, 1.82) is 0 Å². The standard InChI is InChI=1S/C23H20O5/c1-17-10-12-18(13-11-17)23(25)28-21-9-5-6-19(16-21)22(24)27-15-14-26-20-7-3-2-4-8-20/h2-13,16H,14-15H2,1H3. The first kappa shape index (κ1) is 19.2. The molecule has 5 heteroatoms. The summed E-state index contributed by atoms with van der Waals surface area (Å²) in [4.78, 5) is 24.4. The van der Waals surface area contributed by atoms with Gasteiger partial charge in [-0.25, -0.2) is 9.59 Å². The molecule has 3 aromatic carbocycles. The second-order valence-corrected chi connectivity index (χ2v) is 6.08. The van der Waals surface area contributed by atoms with Crippen LogP contribution in [0.25, 0.3) is 0 Å². The number of esters is 2. The monoisotopic (exact) mass is 376 g/mol. The Bertz CT molecular complexity index is 933. The minimum atomic E-state index is -0.509. The third kappa shape index (κ3) is 5.45. The normalized spacial score (nSPS) is 10.2. The minimum Gasteiger partial charge on any atom is -0.490 e. The molecule has 5 nitrogen and oxygen atoms in total. The van der Waals surface area contributed by atoms with E-state index in [9.17, 15) is 9.59 Å². The first-order valence-electron chi connectivity index (χ1n) is 8.86. The summed E-state index contributed by atoms with van der Waals surface area (Å²) in [6.45, 7) is 2.30. The molecule has 0 aliphatic rings. The number of benzene rings is 3. The summed E-state index contributed by atoms with van der Waals surface area (Å²) in [6, 6.07) is 22.7. The van der Waals surface area contributed by atoms with Crippen LogP contribution in [0.4, 0.5) is 0 Å². The second-order valence-electron chi connectivity index (χ2n) is 6.08. The van der Waals surface area contributed by atoms with E-state index in [1.807, 2.05) is 49.4 Å². The summed E-state index contributed by atoms with van der Waals surface area (Å²) in [7, 11) is 0. The van der Waals surface area contributed by atoms with Gasteiger partial charge in [0.2, 0.25) is 0 Å². The van der Waals surface area contributed by atoms with E-state index >= 15 is 0 Å². The van der Waals surface area contributed by atoms with E-state index in [-0.39, 0.29) is 19.0 Å². The molecule has 0 saturated heterocycles. The van der Waals surface area contributed by atoms with Crippen LogP contribution in [0.5, 0.6) is 11.5 Å². The van der Waals surface area contributed by atoms with Crippen LogP contribution in [0.3, 0.4) is 0 Å². The highest BCUT2D eigenvalue weighted by Gasteiger charge is 2.12. The third-order valence-corrected chi connectivity index (χ3v) is 3.90. The van der Waals surface area contributed by atoms with Gasteiger partial charge in [0, 0.05) is 0 Å². The number of aryl methyl sites for hydroxylation is 1. The maximum absolute atomic E-state index is 12.2. The van der Waals surface area contributed by atoms with E-state index in [0.29, 0.717) is 16.9 Å². The van der Waals surface area contributed by atoms with Gasteiger partial charge in [0.25, 0.3) is 0 Å². The van der Waals surface area contributed by atoms with Crippen LogP contribution >= 0.6 is 0 Å². The number of carbonyl (C=O) groups is 2. The van der Waals surface area contributed by atoms with Gasteiger partial charge in [-0.05, 0) is 49.4 Å². The molecule has 0 aromatic heterocycles. The van der Waals surface area contributed by atoms with Gasteiger partial charge in [-0.2, -0.15) is 0 Å². The lowest BCUT2D eigenvalue weighted by molar-refractivity contribution is 0.0449. The minimum absolute atomic E-state index is 0.112. The Labute approximate surface area is 163 Å². The van der Waals surface area contributed by atoms with E-state index in [1.54, 1.807) is 30.3 Å². The van der Waals surface area contributed by atoms with Gasteiger partial charge < -0.3 is 14.2 Å². The van der Waals surface area contributed by atoms with Crippen molar-refractivity contribution in [3.63, 3.8) is 0 Å². The highest BCUT2D eigenvalue weighted by Crippen LogP contribution is 2.16. The Morgan fingerprint density at radius 2 is 1.43 bits per heavy atom.